The third-order valence-corrected chi connectivity index (χ3v) is 2.86. The van der Waals surface area contributed by atoms with E-state index in [1.807, 2.05) is 11.0 Å². The van der Waals surface area contributed by atoms with E-state index in [4.69, 9.17) is 5.26 Å². The maximum Gasteiger partial charge on any atom is 0.225 e. The molecule has 0 unspecified atom stereocenters. The molecule has 0 amide bonds. The Kier molecular flexibility index (Phi) is 2.41. The summed E-state index contributed by atoms with van der Waals surface area (Å²) < 4.78 is 14.4. The van der Waals surface area contributed by atoms with Gasteiger partial charge in [0.05, 0.1) is 30.2 Å². The highest BCUT2D eigenvalue weighted by atomic mass is 19.1. The topological polar surface area (TPSA) is 70.6 Å². The molecular weight excluding hydrogens is 235 g/mol. The highest BCUT2D eigenvalue weighted by Gasteiger charge is 2.30. The van der Waals surface area contributed by atoms with Crippen molar-refractivity contribution in [1.29, 1.82) is 5.26 Å². The van der Waals surface area contributed by atoms with Crippen molar-refractivity contribution in [3.8, 4) is 6.07 Å². The fourth-order valence-electron chi connectivity index (χ4n) is 1.85. The van der Waals surface area contributed by atoms with Crippen LogP contribution in [0.1, 0.15) is 11.6 Å². The molecule has 18 heavy (non-hydrogen) atoms. The second kappa shape index (κ2) is 4.07. The van der Waals surface area contributed by atoms with Crippen LogP contribution in [0, 0.1) is 17.1 Å². The van der Waals surface area contributed by atoms with Gasteiger partial charge in [0.1, 0.15) is 6.07 Å². The molecule has 3 rings (SSSR count). The fourth-order valence-corrected chi connectivity index (χ4v) is 1.85. The highest BCUT2D eigenvalue weighted by Crippen LogP contribution is 2.24. The second-order valence-electron chi connectivity index (χ2n) is 4.08. The monoisotopic (exact) mass is 244 g/mol. The smallest absolute Gasteiger partial charge is 0.225 e. The molecule has 0 aromatic carbocycles. The summed E-state index contributed by atoms with van der Waals surface area (Å²) in [6, 6.07) is 2.25. The largest absolute Gasteiger partial charge is 0.336 e. The molecule has 3 heterocycles. The van der Waals surface area contributed by atoms with Crippen molar-refractivity contribution in [2.24, 2.45) is 0 Å². The Balaban J connectivity index is 1.66. The van der Waals surface area contributed by atoms with Gasteiger partial charge in [-0.1, -0.05) is 0 Å². The van der Waals surface area contributed by atoms with Crippen LogP contribution in [0.15, 0.2) is 24.8 Å². The van der Waals surface area contributed by atoms with Crippen LogP contribution >= 0.6 is 0 Å². The second-order valence-corrected chi connectivity index (χ2v) is 4.08. The molecule has 0 N–H and O–H groups in total. The summed E-state index contributed by atoms with van der Waals surface area (Å²) >= 11 is 0. The molecule has 1 aliphatic rings. The zero-order valence-electron chi connectivity index (χ0n) is 9.36. The van der Waals surface area contributed by atoms with Gasteiger partial charge >= 0.3 is 0 Å². The summed E-state index contributed by atoms with van der Waals surface area (Å²) in [5.41, 5.74) is 0.548. The molecular formula is C11H9FN6. The number of rotatable bonds is 2. The van der Waals surface area contributed by atoms with Crippen LogP contribution in [0.2, 0.25) is 0 Å². The third-order valence-electron chi connectivity index (χ3n) is 2.86. The Morgan fingerprint density at radius 2 is 2.00 bits per heavy atom. The summed E-state index contributed by atoms with van der Waals surface area (Å²) in [7, 11) is 0. The van der Waals surface area contributed by atoms with E-state index < -0.39 is 5.82 Å². The van der Waals surface area contributed by atoms with Gasteiger partial charge in [-0.3, -0.25) is 4.68 Å². The van der Waals surface area contributed by atoms with Crippen molar-refractivity contribution >= 4 is 5.95 Å². The quantitative estimate of drug-likeness (QED) is 0.779. The molecule has 1 aliphatic heterocycles. The van der Waals surface area contributed by atoms with Gasteiger partial charge in [0.2, 0.25) is 5.95 Å². The maximum absolute atomic E-state index is 12.7. The van der Waals surface area contributed by atoms with Gasteiger partial charge in [0, 0.05) is 19.3 Å². The van der Waals surface area contributed by atoms with Crippen LogP contribution in [0.25, 0.3) is 0 Å². The Morgan fingerprint density at radius 1 is 1.28 bits per heavy atom. The molecule has 0 bridgehead atoms. The predicted molar refractivity (Wildman–Crippen MR) is 60.2 cm³/mol. The minimum Gasteiger partial charge on any atom is -0.336 e. The van der Waals surface area contributed by atoms with E-state index in [1.54, 1.807) is 10.9 Å². The van der Waals surface area contributed by atoms with Gasteiger partial charge in [-0.2, -0.15) is 10.4 Å². The van der Waals surface area contributed by atoms with E-state index in [-0.39, 0.29) is 6.04 Å². The van der Waals surface area contributed by atoms with Gasteiger partial charge in [-0.25, -0.2) is 14.4 Å². The first-order chi connectivity index (χ1) is 8.76. The molecule has 0 saturated carbocycles. The summed E-state index contributed by atoms with van der Waals surface area (Å²) in [5, 5.41) is 12.8. The van der Waals surface area contributed by atoms with Gasteiger partial charge in [-0.15, -0.1) is 0 Å². The van der Waals surface area contributed by atoms with E-state index >= 15 is 0 Å². The Labute approximate surface area is 102 Å². The normalized spacial score (nSPS) is 15.2. The molecule has 0 aliphatic carbocycles. The van der Waals surface area contributed by atoms with Crippen molar-refractivity contribution < 1.29 is 4.39 Å². The van der Waals surface area contributed by atoms with E-state index in [0.29, 0.717) is 24.6 Å². The van der Waals surface area contributed by atoms with E-state index in [0.717, 1.165) is 12.4 Å². The number of hydrogen-bond acceptors (Lipinski definition) is 5. The van der Waals surface area contributed by atoms with E-state index in [2.05, 4.69) is 15.1 Å². The first kappa shape index (κ1) is 10.7. The van der Waals surface area contributed by atoms with E-state index in [9.17, 15) is 4.39 Å². The molecule has 0 radical (unpaired) electrons. The molecule has 2 aromatic rings. The standard InChI is InChI=1S/C11H9FN6/c12-9-3-14-11(15-4-9)17-6-10(7-17)18-5-8(1-13)2-16-18/h2-5,10H,6-7H2. The predicted octanol–water partition coefficient (Wildman–Crippen LogP) is 0.745. The minimum atomic E-state index is -0.443. The first-order valence-electron chi connectivity index (χ1n) is 5.43. The Morgan fingerprint density at radius 3 is 2.61 bits per heavy atom. The fraction of sp³-hybridized carbons (Fsp3) is 0.273. The summed E-state index contributed by atoms with van der Waals surface area (Å²) in [4.78, 5) is 9.74. The highest BCUT2D eigenvalue weighted by molar-refractivity contribution is 5.34. The van der Waals surface area contributed by atoms with Crippen LogP contribution in [-0.4, -0.2) is 32.8 Å². The average Bonchev–Trinajstić information content (AvgIpc) is 2.78. The molecule has 2 aromatic heterocycles. The Bertz CT molecular complexity index is 593. The third kappa shape index (κ3) is 1.78. The van der Waals surface area contributed by atoms with Crippen molar-refractivity contribution in [3.05, 3.63) is 36.2 Å². The number of halogens is 1. The number of hydrogen-bond donors (Lipinski definition) is 0. The lowest BCUT2D eigenvalue weighted by atomic mass is 10.1. The van der Waals surface area contributed by atoms with Crippen LogP contribution in [0.4, 0.5) is 10.3 Å². The maximum atomic E-state index is 12.7. The minimum absolute atomic E-state index is 0.209. The number of aromatic nitrogens is 4. The van der Waals surface area contributed by atoms with Crippen molar-refractivity contribution in [2.75, 3.05) is 18.0 Å². The van der Waals surface area contributed by atoms with Crippen LogP contribution < -0.4 is 4.90 Å². The van der Waals surface area contributed by atoms with Gasteiger partial charge < -0.3 is 4.90 Å². The lowest BCUT2D eigenvalue weighted by Crippen LogP contribution is -2.48. The average molecular weight is 244 g/mol. The molecule has 90 valence electrons. The van der Waals surface area contributed by atoms with Crippen LogP contribution in [-0.2, 0) is 0 Å². The molecule has 1 saturated heterocycles. The van der Waals surface area contributed by atoms with Gasteiger partial charge in [0.15, 0.2) is 5.82 Å². The van der Waals surface area contributed by atoms with Crippen LogP contribution in [0.3, 0.4) is 0 Å². The molecule has 0 atom stereocenters. The number of nitriles is 1. The molecule has 7 heteroatoms. The first-order valence-corrected chi connectivity index (χ1v) is 5.43. The number of nitrogens with zero attached hydrogens (tertiary/aromatic N) is 6. The van der Waals surface area contributed by atoms with Crippen molar-refractivity contribution in [3.63, 3.8) is 0 Å². The molecule has 1 fully saturated rings. The zero-order chi connectivity index (χ0) is 12.5. The summed E-state index contributed by atoms with van der Waals surface area (Å²) in [6.07, 6.45) is 5.55. The van der Waals surface area contributed by atoms with Crippen molar-refractivity contribution in [2.45, 2.75) is 6.04 Å². The Hall–Kier alpha value is -2.49. The number of anilines is 1. The summed E-state index contributed by atoms with van der Waals surface area (Å²) in [6.45, 7) is 1.41. The molecule has 0 spiro atoms. The lowest BCUT2D eigenvalue weighted by molar-refractivity contribution is 0.363. The van der Waals surface area contributed by atoms with E-state index in [1.165, 1.54) is 6.20 Å². The van der Waals surface area contributed by atoms with Crippen LogP contribution in [0.5, 0.6) is 0 Å². The van der Waals surface area contributed by atoms with Gasteiger partial charge in [-0.05, 0) is 0 Å². The summed E-state index contributed by atoms with van der Waals surface area (Å²) in [5.74, 6) is 0.0712. The van der Waals surface area contributed by atoms with Gasteiger partial charge in [0.25, 0.3) is 0 Å². The zero-order valence-corrected chi connectivity index (χ0v) is 9.36. The van der Waals surface area contributed by atoms with Crippen molar-refractivity contribution in [1.82, 2.24) is 19.7 Å². The molecule has 6 nitrogen and oxygen atoms in total. The SMILES string of the molecule is N#Cc1cnn(C2CN(c3ncc(F)cn3)C2)c1. The lowest BCUT2D eigenvalue weighted by Gasteiger charge is -2.38.